The Morgan fingerprint density at radius 1 is 1.15 bits per heavy atom. The fraction of sp³-hybridized carbons (Fsp3) is 0.0714. The molecule has 2 aromatic heterocycles. The third-order valence-electron chi connectivity index (χ3n) is 3.08. The summed E-state index contributed by atoms with van der Waals surface area (Å²) in [6.07, 6.45) is -1.00. The van der Waals surface area contributed by atoms with Crippen LogP contribution in [0.25, 0.3) is 22.2 Å². The van der Waals surface area contributed by atoms with Crippen LogP contribution in [0.3, 0.4) is 0 Å². The molecule has 0 bridgehead atoms. The Kier molecular flexibility index (Phi) is 2.78. The van der Waals surface area contributed by atoms with E-state index < -0.39 is 6.43 Å². The lowest BCUT2D eigenvalue weighted by Crippen LogP contribution is -1.89. The van der Waals surface area contributed by atoms with Gasteiger partial charge in [0.1, 0.15) is 11.4 Å². The molecule has 2 heterocycles. The molecule has 4 nitrogen and oxygen atoms in total. The van der Waals surface area contributed by atoms with Crippen LogP contribution in [-0.2, 0) is 0 Å². The fourth-order valence-electron chi connectivity index (χ4n) is 2.09. The molecule has 0 unspecified atom stereocenters. The summed E-state index contributed by atoms with van der Waals surface area (Å²) in [6, 6.07) is 7.64. The highest BCUT2D eigenvalue weighted by Gasteiger charge is 2.16. The van der Waals surface area contributed by atoms with Crippen LogP contribution < -0.4 is 11.5 Å². The minimum absolute atomic E-state index is 0.0752. The molecular formula is C14H11F2N3O. The summed E-state index contributed by atoms with van der Waals surface area (Å²) in [7, 11) is 0. The van der Waals surface area contributed by atoms with Crippen molar-refractivity contribution in [2.45, 2.75) is 6.43 Å². The second-order valence-electron chi connectivity index (χ2n) is 4.34. The van der Waals surface area contributed by atoms with Crippen molar-refractivity contribution in [3.05, 3.63) is 42.1 Å². The maximum absolute atomic E-state index is 12.8. The molecule has 0 aliphatic rings. The highest BCUT2D eigenvalue weighted by atomic mass is 19.3. The van der Waals surface area contributed by atoms with Crippen LogP contribution in [0.2, 0.25) is 0 Å². The molecule has 3 rings (SSSR count). The minimum atomic E-state index is -2.54. The zero-order valence-corrected chi connectivity index (χ0v) is 10.3. The summed E-state index contributed by atoms with van der Waals surface area (Å²) in [6.45, 7) is 0. The standard InChI is InChI=1S/C14H11F2N3O/c15-13(16)8-3-1-2-7(6-8)11-12-9(4-5-19-11)10(17)14(18)20-12/h1-6,13H,17-18H2. The van der Waals surface area contributed by atoms with Crippen LogP contribution in [-0.4, -0.2) is 4.98 Å². The van der Waals surface area contributed by atoms with Crippen molar-refractivity contribution in [2.75, 3.05) is 11.5 Å². The Labute approximate surface area is 113 Å². The average molecular weight is 275 g/mol. The van der Waals surface area contributed by atoms with Gasteiger partial charge in [0, 0.05) is 22.7 Å². The van der Waals surface area contributed by atoms with Crippen LogP contribution in [0.4, 0.5) is 20.4 Å². The summed E-state index contributed by atoms with van der Waals surface area (Å²) >= 11 is 0. The van der Waals surface area contributed by atoms with Gasteiger partial charge < -0.3 is 15.9 Å². The number of hydrogen-bond donors (Lipinski definition) is 2. The first-order chi connectivity index (χ1) is 9.58. The molecule has 0 saturated heterocycles. The molecule has 3 aromatic rings. The summed E-state index contributed by atoms with van der Waals surface area (Å²) in [5, 5.41) is 0.620. The van der Waals surface area contributed by atoms with E-state index in [1.807, 2.05) is 0 Å². The number of nitrogens with zero attached hydrogens (tertiary/aromatic N) is 1. The van der Waals surface area contributed by atoms with Gasteiger partial charge in [0.05, 0.1) is 0 Å². The van der Waals surface area contributed by atoms with E-state index in [9.17, 15) is 8.78 Å². The molecule has 0 saturated carbocycles. The third kappa shape index (κ3) is 1.85. The van der Waals surface area contributed by atoms with Gasteiger partial charge in [0.25, 0.3) is 6.43 Å². The van der Waals surface area contributed by atoms with Gasteiger partial charge in [-0.2, -0.15) is 0 Å². The summed E-state index contributed by atoms with van der Waals surface area (Å²) in [5.74, 6) is 0.0965. The number of nitrogen functional groups attached to an aromatic ring is 2. The topological polar surface area (TPSA) is 78.1 Å². The van der Waals surface area contributed by atoms with Crippen molar-refractivity contribution in [1.82, 2.24) is 4.98 Å². The van der Waals surface area contributed by atoms with Crippen molar-refractivity contribution in [3.8, 4) is 11.3 Å². The van der Waals surface area contributed by atoms with Crippen molar-refractivity contribution >= 4 is 22.5 Å². The number of halogens is 2. The number of rotatable bonds is 2. The number of benzene rings is 1. The van der Waals surface area contributed by atoms with E-state index in [0.717, 1.165) is 0 Å². The predicted octanol–water partition coefficient (Wildman–Crippen LogP) is 3.60. The van der Waals surface area contributed by atoms with Crippen LogP contribution >= 0.6 is 0 Å². The molecule has 102 valence electrons. The molecule has 0 aliphatic carbocycles. The Balaban J connectivity index is 2.24. The number of aromatic nitrogens is 1. The second-order valence-corrected chi connectivity index (χ2v) is 4.34. The fourth-order valence-corrected chi connectivity index (χ4v) is 2.09. The minimum Gasteiger partial charge on any atom is -0.436 e. The zero-order chi connectivity index (χ0) is 14.3. The first kappa shape index (κ1) is 12.4. The van der Waals surface area contributed by atoms with E-state index >= 15 is 0 Å². The quantitative estimate of drug-likeness (QED) is 0.749. The summed E-state index contributed by atoms with van der Waals surface area (Å²) in [5.41, 5.74) is 13.1. The maximum Gasteiger partial charge on any atom is 0.263 e. The summed E-state index contributed by atoms with van der Waals surface area (Å²) in [4.78, 5) is 4.18. The van der Waals surface area contributed by atoms with Gasteiger partial charge in [-0.05, 0) is 12.1 Å². The van der Waals surface area contributed by atoms with Gasteiger partial charge in [0.15, 0.2) is 5.58 Å². The molecule has 6 heteroatoms. The number of hydrogen-bond acceptors (Lipinski definition) is 4. The van der Waals surface area contributed by atoms with Crippen molar-refractivity contribution < 1.29 is 13.2 Å². The highest BCUT2D eigenvalue weighted by Crippen LogP contribution is 2.36. The van der Waals surface area contributed by atoms with E-state index in [4.69, 9.17) is 15.9 Å². The third-order valence-corrected chi connectivity index (χ3v) is 3.08. The lowest BCUT2D eigenvalue weighted by Gasteiger charge is -2.04. The number of furan rings is 1. The number of alkyl halides is 2. The van der Waals surface area contributed by atoms with Gasteiger partial charge in [-0.25, -0.2) is 8.78 Å². The smallest absolute Gasteiger partial charge is 0.263 e. The molecular weight excluding hydrogens is 264 g/mol. The number of fused-ring (bicyclic) bond motifs is 1. The number of anilines is 2. The van der Waals surface area contributed by atoms with Crippen LogP contribution in [0, 0.1) is 0 Å². The van der Waals surface area contributed by atoms with Gasteiger partial charge in [-0.1, -0.05) is 18.2 Å². The number of pyridine rings is 1. The predicted molar refractivity (Wildman–Crippen MR) is 73.2 cm³/mol. The van der Waals surface area contributed by atoms with Gasteiger partial charge in [0.2, 0.25) is 5.88 Å². The SMILES string of the molecule is Nc1oc2c(-c3cccc(C(F)F)c3)nccc2c1N. The first-order valence-electron chi connectivity index (χ1n) is 5.89. The Hall–Kier alpha value is -2.63. The highest BCUT2D eigenvalue weighted by molar-refractivity contribution is 6.01. The molecule has 0 radical (unpaired) electrons. The van der Waals surface area contributed by atoms with Crippen LogP contribution in [0.1, 0.15) is 12.0 Å². The largest absolute Gasteiger partial charge is 0.436 e. The van der Waals surface area contributed by atoms with E-state index in [2.05, 4.69) is 4.98 Å². The second kappa shape index (κ2) is 4.48. The lowest BCUT2D eigenvalue weighted by molar-refractivity contribution is 0.151. The zero-order valence-electron chi connectivity index (χ0n) is 10.3. The van der Waals surface area contributed by atoms with E-state index in [0.29, 0.717) is 27.9 Å². The number of nitrogens with two attached hydrogens (primary N) is 2. The van der Waals surface area contributed by atoms with Gasteiger partial charge >= 0.3 is 0 Å². The Morgan fingerprint density at radius 3 is 2.70 bits per heavy atom. The van der Waals surface area contributed by atoms with E-state index in [1.54, 1.807) is 18.2 Å². The van der Waals surface area contributed by atoms with Crippen LogP contribution in [0.15, 0.2) is 40.9 Å². The average Bonchev–Trinajstić information content (AvgIpc) is 2.74. The van der Waals surface area contributed by atoms with Crippen LogP contribution in [0.5, 0.6) is 0 Å². The molecule has 0 aliphatic heterocycles. The van der Waals surface area contributed by atoms with Gasteiger partial charge in [-0.3, -0.25) is 4.98 Å². The van der Waals surface area contributed by atoms with Gasteiger partial charge in [-0.15, -0.1) is 0 Å². The molecule has 0 amide bonds. The van der Waals surface area contributed by atoms with E-state index in [1.165, 1.54) is 18.3 Å². The monoisotopic (exact) mass is 275 g/mol. The molecule has 0 spiro atoms. The summed E-state index contributed by atoms with van der Waals surface area (Å²) < 4.78 is 30.9. The van der Waals surface area contributed by atoms with Crippen molar-refractivity contribution in [2.24, 2.45) is 0 Å². The molecule has 0 atom stereocenters. The van der Waals surface area contributed by atoms with Crippen molar-refractivity contribution in [3.63, 3.8) is 0 Å². The molecule has 4 N–H and O–H groups in total. The lowest BCUT2D eigenvalue weighted by atomic mass is 10.1. The Bertz CT molecular complexity index is 783. The maximum atomic E-state index is 12.8. The van der Waals surface area contributed by atoms with Crippen molar-refractivity contribution in [1.29, 1.82) is 0 Å². The molecule has 1 aromatic carbocycles. The Morgan fingerprint density at radius 2 is 1.95 bits per heavy atom. The molecule has 0 fully saturated rings. The molecule has 20 heavy (non-hydrogen) atoms. The first-order valence-corrected chi connectivity index (χ1v) is 5.89. The normalized spacial score (nSPS) is 11.3. The van der Waals surface area contributed by atoms with E-state index in [-0.39, 0.29) is 11.4 Å².